The fourth-order valence-electron chi connectivity index (χ4n) is 3.51. The summed E-state index contributed by atoms with van der Waals surface area (Å²) in [6, 6.07) is 11.7. The van der Waals surface area contributed by atoms with Crippen LogP contribution in [-0.4, -0.2) is 51.1 Å². The number of thioether (sulfide) groups is 1. The van der Waals surface area contributed by atoms with Crippen LogP contribution in [0.1, 0.15) is 18.4 Å². The number of piperidine rings is 1. The van der Waals surface area contributed by atoms with E-state index >= 15 is 0 Å². The first-order valence-electron chi connectivity index (χ1n) is 10.3. The third-order valence-electron chi connectivity index (χ3n) is 5.31. The highest BCUT2D eigenvalue weighted by Gasteiger charge is 2.33. The molecule has 32 heavy (non-hydrogen) atoms. The Morgan fingerprint density at radius 1 is 1.19 bits per heavy atom. The molecule has 174 valence electrons. The van der Waals surface area contributed by atoms with E-state index in [1.54, 1.807) is 42.1 Å². The third kappa shape index (κ3) is 6.32. The van der Waals surface area contributed by atoms with Crippen molar-refractivity contribution in [3.63, 3.8) is 0 Å². The van der Waals surface area contributed by atoms with E-state index < -0.39 is 10.0 Å². The highest BCUT2D eigenvalue weighted by Crippen LogP contribution is 2.28. The van der Waals surface area contributed by atoms with Gasteiger partial charge in [-0.05, 0) is 54.8 Å². The standard InChI is InChI=1S/C22H26Cl2N2O4S2/c1-30-17-7-9-18(10-8-17)32(28,29)26-12-3-4-16(14-26)22(27)25-11-13-31-15-19-20(23)5-2-6-21(19)24/h2,5-10,16H,3-4,11-15H2,1H3,(H,25,27). The number of ether oxygens (including phenoxy) is 1. The van der Waals surface area contributed by atoms with Gasteiger partial charge in [-0.15, -0.1) is 0 Å². The van der Waals surface area contributed by atoms with Gasteiger partial charge in [0.15, 0.2) is 0 Å². The van der Waals surface area contributed by atoms with Gasteiger partial charge in [-0.25, -0.2) is 8.42 Å². The molecule has 2 aromatic rings. The van der Waals surface area contributed by atoms with Crippen LogP contribution in [0.5, 0.6) is 5.75 Å². The quantitative estimate of drug-likeness (QED) is 0.498. The van der Waals surface area contributed by atoms with Crippen LogP contribution in [0.3, 0.4) is 0 Å². The number of benzene rings is 2. The van der Waals surface area contributed by atoms with Crippen molar-refractivity contribution in [2.75, 3.05) is 32.5 Å². The maximum Gasteiger partial charge on any atom is 0.243 e. The molecule has 1 fully saturated rings. The summed E-state index contributed by atoms with van der Waals surface area (Å²) in [5.41, 5.74) is 0.888. The van der Waals surface area contributed by atoms with Crippen LogP contribution < -0.4 is 10.1 Å². The second-order valence-electron chi connectivity index (χ2n) is 7.42. The summed E-state index contributed by atoms with van der Waals surface area (Å²) in [6.07, 6.45) is 1.32. The van der Waals surface area contributed by atoms with E-state index in [0.29, 0.717) is 53.2 Å². The summed E-state index contributed by atoms with van der Waals surface area (Å²) < 4.78 is 32.4. The fourth-order valence-corrected chi connectivity index (χ4v) is 6.63. The van der Waals surface area contributed by atoms with Crippen molar-refractivity contribution in [3.8, 4) is 5.75 Å². The Kier molecular flexibility index (Phi) is 9.13. The number of hydrogen-bond acceptors (Lipinski definition) is 5. The average molecular weight is 518 g/mol. The van der Waals surface area contributed by atoms with Crippen LogP contribution in [0.2, 0.25) is 10.0 Å². The van der Waals surface area contributed by atoms with Crippen LogP contribution in [0.25, 0.3) is 0 Å². The molecule has 0 radical (unpaired) electrons. The van der Waals surface area contributed by atoms with Crippen molar-refractivity contribution in [3.05, 3.63) is 58.1 Å². The van der Waals surface area contributed by atoms with Crippen molar-refractivity contribution in [1.82, 2.24) is 9.62 Å². The Morgan fingerprint density at radius 2 is 1.88 bits per heavy atom. The second-order valence-corrected chi connectivity index (χ2v) is 11.3. The molecule has 0 aliphatic carbocycles. The first-order valence-corrected chi connectivity index (χ1v) is 13.6. The van der Waals surface area contributed by atoms with E-state index in [2.05, 4.69) is 5.32 Å². The topological polar surface area (TPSA) is 75.7 Å². The SMILES string of the molecule is COc1ccc(S(=O)(=O)N2CCCC(C(=O)NCCSCc3c(Cl)cccc3Cl)C2)cc1. The van der Waals surface area contributed by atoms with Crippen molar-refractivity contribution in [2.45, 2.75) is 23.5 Å². The number of sulfonamides is 1. The number of amides is 1. The Balaban J connectivity index is 1.48. The van der Waals surface area contributed by atoms with E-state index in [0.717, 1.165) is 5.56 Å². The van der Waals surface area contributed by atoms with Gasteiger partial charge in [-0.3, -0.25) is 4.79 Å². The molecule has 0 spiro atoms. The lowest BCUT2D eigenvalue weighted by Gasteiger charge is -2.31. The molecule has 1 aliphatic heterocycles. The molecule has 1 amide bonds. The molecule has 0 aromatic heterocycles. The van der Waals surface area contributed by atoms with Crippen LogP contribution in [0.4, 0.5) is 0 Å². The second kappa shape index (κ2) is 11.6. The van der Waals surface area contributed by atoms with Gasteiger partial charge in [0.2, 0.25) is 15.9 Å². The summed E-state index contributed by atoms with van der Waals surface area (Å²) in [5.74, 6) is 1.48. The van der Waals surface area contributed by atoms with Gasteiger partial charge in [0.1, 0.15) is 5.75 Å². The third-order valence-corrected chi connectivity index (χ3v) is 8.88. The van der Waals surface area contributed by atoms with E-state index in [1.165, 1.54) is 23.5 Å². The summed E-state index contributed by atoms with van der Waals surface area (Å²) >= 11 is 14.0. The normalized spacial score (nSPS) is 17.2. The number of nitrogens with zero attached hydrogens (tertiary/aromatic N) is 1. The van der Waals surface area contributed by atoms with Gasteiger partial charge in [-0.2, -0.15) is 16.1 Å². The predicted molar refractivity (Wildman–Crippen MR) is 130 cm³/mol. The minimum Gasteiger partial charge on any atom is -0.497 e. The Bertz CT molecular complexity index is 1010. The Hall–Kier alpha value is -1.45. The average Bonchev–Trinajstić information content (AvgIpc) is 2.80. The van der Waals surface area contributed by atoms with Crippen LogP contribution in [-0.2, 0) is 20.6 Å². The van der Waals surface area contributed by atoms with Crippen LogP contribution in [0, 0.1) is 5.92 Å². The van der Waals surface area contributed by atoms with E-state index in [4.69, 9.17) is 27.9 Å². The number of carbonyl (C=O) groups is 1. The number of nitrogens with one attached hydrogen (secondary N) is 1. The molecule has 2 aromatic carbocycles. The molecule has 1 atom stereocenters. The van der Waals surface area contributed by atoms with Crippen molar-refractivity contribution in [2.24, 2.45) is 5.92 Å². The number of halogens is 2. The molecule has 1 N–H and O–H groups in total. The number of methoxy groups -OCH3 is 1. The smallest absolute Gasteiger partial charge is 0.243 e. The van der Waals surface area contributed by atoms with Gasteiger partial charge in [0, 0.05) is 41.2 Å². The summed E-state index contributed by atoms with van der Waals surface area (Å²) in [5, 5.41) is 4.20. The zero-order chi connectivity index (χ0) is 23.1. The lowest BCUT2D eigenvalue weighted by atomic mass is 9.99. The van der Waals surface area contributed by atoms with Gasteiger partial charge >= 0.3 is 0 Å². The highest BCUT2D eigenvalue weighted by atomic mass is 35.5. The van der Waals surface area contributed by atoms with Crippen molar-refractivity contribution < 1.29 is 17.9 Å². The van der Waals surface area contributed by atoms with Crippen molar-refractivity contribution >= 4 is 50.9 Å². The number of rotatable bonds is 9. The molecule has 1 saturated heterocycles. The van der Waals surface area contributed by atoms with E-state index in [1.807, 2.05) is 0 Å². The molecule has 1 unspecified atom stereocenters. The molecule has 6 nitrogen and oxygen atoms in total. The first kappa shape index (κ1) is 25.2. The lowest BCUT2D eigenvalue weighted by Crippen LogP contribution is -2.45. The highest BCUT2D eigenvalue weighted by molar-refractivity contribution is 7.98. The van der Waals surface area contributed by atoms with Crippen LogP contribution >= 0.6 is 35.0 Å². The molecule has 1 heterocycles. The van der Waals surface area contributed by atoms with E-state index in [9.17, 15) is 13.2 Å². The Labute approximate surface area is 203 Å². The van der Waals surface area contributed by atoms with Crippen molar-refractivity contribution in [1.29, 1.82) is 0 Å². The molecular weight excluding hydrogens is 491 g/mol. The monoisotopic (exact) mass is 516 g/mol. The maximum atomic E-state index is 13.0. The largest absolute Gasteiger partial charge is 0.497 e. The number of carbonyl (C=O) groups excluding carboxylic acids is 1. The molecular formula is C22H26Cl2N2O4S2. The molecule has 0 saturated carbocycles. The van der Waals surface area contributed by atoms with E-state index in [-0.39, 0.29) is 23.3 Å². The summed E-state index contributed by atoms with van der Waals surface area (Å²) in [7, 11) is -2.12. The number of hydrogen-bond donors (Lipinski definition) is 1. The van der Waals surface area contributed by atoms with Crippen LogP contribution in [0.15, 0.2) is 47.4 Å². The molecule has 1 aliphatic rings. The Morgan fingerprint density at radius 3 is 2.53 bits per heavy atom. The maximum absolute atomic E-state index is 13.0. The van der Waals surface area contributed by atoms with Gasteiger partial charge in [0.25, 0.3) is 0 Å². The zero-order valence-corrected chi connectivity index (χ0v) is 20.9. The van der Waals surface area contributed by atoms with Gasteiger partial charge in [-0.1, -0.05) is 29.3 Å². The first-order chi connectivity index (χ1) is 15.3. The summed E-state index contributed by atoms with van der Waals surface area (Å²) in [4.78, 5) is 12.8. The summed E-state index contributed by atoms with van der Waals surface area (Å²) in [6.45, 7) is 1.09. The van der Waals surface area contributed by atoms with Gasteiger partial charge < -0.3 is 10.1 Å². The fraction of sp³-hybridized carbons (Fsp3) is 0.409. The zero-order valence-electron chi connectivity index (χ0n) is 17.7. The molecule has 10 heteroatoms. The minimum absolute atomic E-state index is 0.115. The lowest BCUT2D eigenvalue weighted by molar-refractivity contribution is -0.125. The molecule has 3 rings (SSSR count). The molecule has 0 bridgehead atoms. The minimum atomic E-state index is -3.65. The predicted octanol–water partition coefficient (Wildman–Crippen LogP) is 4.45. The van der Waals surface area contributed by atoms with Gasteiger partial charge in [0.05, 0.1) is 17.9 Å².